The average Bonchev–Trinajstić information content (AvgIpc) is 3.41. The molecule has 3 fully saturated rings. The predicted molar refractivity (Wildman–Crippen MR) is 194 cm³/mol. The molecule has 1 saturated carbocycles. The van der Waals surface area contributed by atoms with Gasteiger partial charge in [0.2, 0.25) is 0 Å². The molecule has 3 unspecified atom stereocenters. The van der Waals surface area contributed by atoms with Crippen molar-refractivity contribution in [3.63, 3.8) is 0 Å². The summed E-state index contributed by atoms with van der Waals surface area (Å²) in [5, 5.41) is 0. The van der Waals surface area contributed by atoms with Crippen molar-refractivity contribution < 1.29 is 41.1 Å². The lowest BCUT2D eigenvalue weighted by Crippen LogP contribution is -2.32. The molecule has 4 rings (SSSR count). The third kappa shape index (κ3) is 13.0. The predicted octanol–water partition coefficient (Wildman–Crippen LogP) is 8.37. The van der Waals surface area contributed by atoms with Gasteiger partial charge >= 0.3 is 5.97 Å². The van der Waals surface area contributed by atoms with Gasteiger partial charge in [-0.05, 0) is 109 Å². The second-order valence-electron chi connectivity index (χ2n) is 14.3. The van der Waals surface area contributed by atoms with Crippen molar-refractivity contribution in [3.05, 3.63) is 65.8 Å². The lowest BCUT2D eigenvalue weighted by atomic mass is 9.88. The number of carbonyl (C=O) groups is 1. The van der Waals surface area contributed by atoms with E-state index in [0.29, 0.717) is 45.3 Å². The standard InChI is InChI=1S/C40H60O9S/c1-29(2)18-21-31(4)35(47-39-16-10-12-26-45-39)25-24-34-33(14-8-6-7-9-15-38(41)44-5)37(28-36(34)48-40-17-11-13-27-46-40)49-50(42,43)32-22-19-30(3)20-23-32/h6,8,18-20,22-25,31,33-37,39-40H,7,9-17,21,26-28H2,1-5H3/b8-6-,25-24+/t31?,33-,34-,35-,36-,37-,39?,40?/m1/s1. The Morgan fingerprint density at radius 3 is 2.32 bits per heavy atom. The smallest absolute Gasteiger partial charge is 0.305 e. The van der Waals surface area contributed by atoms with Crippen LogP contribution in [-0.2, 0) is 42.8 Å². The van der Waals surface area contributed by atoms with Crippen molar-refractivity contribution in [2.45, 2.75) is 141 Å². The molecule has 3 aliphatic rings. The van der Waals surface area contributed by atoms with Crippen LogP contribution in [0.25, 0.3) is 0 Å². The maximum Gasteiger partial charge on any atom is 0.305 e. The molecule has 1 aromatic rings. The first-order valence-corrected chi connectivity index (χ1v) is 20.0. The van der Waals surface area contributed by atoms with Gasteiger partial charge in [-0.3, -0.25) is 8.98 Å². The zero-order valence-electron chi connectivity index (χ0n) is 30.8. The normalized spacial score (nSPS) is 27.4. The summed E-state index contributed by atoms with van der Waals surface area (Å²) < 4.78 is 63.5. The summed E-state index contributed by atoms with van der Waals surface area (Å²) >= 11 is 0. The van der Waals surface area contributed by atoms with Crippen LogP contribution in [0.5, 0.6) is 0 Å². The van der Waals surface area contributed by atoms with E-state index in [9.17, 15) is 13.2 Å². The minimum atomic E-state index is -4.04. The highest BCUT2D eigenvalue weighted by atomic mass is 32.2. The lowest BCUT2D eigenvalue weighted by Gasteiger charge is -2.31. The van der Waals surface area contributed by atoms with Crippen LogP contribution < -0.4 is 0 Å². The molecule has 0 aromatic heterocycles. The summed E-state index contributed by atoms with van der Waals surface area (Å²) in [6.45, 7) is 9.68. The van der Waals surface area contributed by atoms with E-state index in [1.165, 1.54) is 12.7 Å². The maximum absolute atomic E-state index is 13.7. The average molecular weight is 717 g/mol. The number of benzene rings is 1. The van der Waals surface area contributed by atoms with Crippen molar-refractivity contribution in [1.29, 1.82) is 0 Å². The van der Waals surface area contributed by atoms with E-state index in [2.05, 4.69) is 51.2 Å². The van der Waals surface area contributed by atoms with Gasteiger partial charge in [0.25, 0.3) is 10.1 Å². The fraction of sp³-hybridized carbons (Fsp3) is 0.675. The number of allylic oxidation sites excluding steroid dienone is 4. The third-order valence-corrected chi connectivity index (χ3v) is 11.2. The second kappa shape index (κ2) is 20.6. The van der Waals surface area contributed by atoms with Gasteiger partial charge in [-0.15, -0.1) is 0 Å². The van der Waals surface area contributed by atoms with Crippen LogP contribution in [0.15, 0.2) is 65.1 Å². The number of carbonyl (C=O) groups excluding carboxylic acids is 1. The van der Waals surface area contributed by atoms with Crippen LogP contribution >= 0.6 is 0 Å². The van der Waals surface area contributed by atoms with Crippen molar-refractivity contribution in [2.75, 3.05) is 20.3 Å². The van der Waals surface area contributed by atoms with Gasteiger partial charge in [-0.1, -0.05) is 60.6 Å². The van der Waals surface area contributed by atoms with Crippen molar-refractivity contribution in [2.24, 2.45) is 17.8 Å². The Morgan fingerprint density at radius 2 is 1.68 bits per heavy atom. The van der Waals surface area contributed by atoms with Gasteiger partial charge in [0.15, 0.2) is 12.6 Å². The third-order valence-electron chi connectivity index (χ3n) is 9.87. The topological polar surface area (TPSA) is 107 Å². The second-order valence-corrected chi connectivity index (χ2v) is 15.9. The largest absolute Gasteiger partial charge is 0.469 e. The molecular weight excluding hydrogens is 656 g/mol. The van der Waals surface area contributed by atoms with Crippen LogP contribution in [0.1, 0.15) is 103 Å². The van der Waals surface area contributed by atoms with Gasteiger partial charge in [0, 0.05) is 32.0 Å². The fourth-order valence-electron chi connectivity index (χ4n) is 6.85. The van der Waals surface area contributed by atoms with E-state index in [-0.39, 0.29) is 53.4 Å². The summed E-state index contributed by atoms with van der Waals surface area (Å²) in [6.07, 6.45) is 18.4. The molecule has 2 aliphatic heterocycles. The molecule has 2 heterocycles. The van der Waals surface area contributed by atoms with E-state index in [1.54, 1.807) is 24.3 Å². The number of unbranched alkanes of at least 4 members (excludes halogenated alkanes) is 1. The molecule has 8 atom stereocenters. The summed E-state index contributed by atoms with van der Waals surface area (Å²) in [5.74, 6) is -0.395. The van der Waals surface area contributed by atoms with Crippen molar-refractivity contribution in [1.82, 2.24) is 0 Å². The van der Waals surface area contributed by atoms with Crippen LogP contribution in [-0.4, -0.2) is 65.6 Å². The molecule has 1 aliphatic carbocycles. The zero-order valence-corrected chi connectivity index (χ0v) is 31.6. The summed E-state index contributed by atoms with van der Waals surface area (Å²) in [5.41, 5.74) is 2.24. The number of hydrogen-bond donors (Lipinski definition) is 0. The molecule has 1 aromatic carbocycles. The molecule has 50 heavy (non-hydrogen) atoms. The van der Waals surface area contributed by atoms with E-state index in [4.69, 9.17) is 27.9 Å². The summed E-state index contributed by atoms with van der Waals surface area (Å²) in [6, 6.07) is 6.76. The van der Waals surface area contributed by atoms with Crippen LogP contribution in [0.3, 0.4) is 0 Å². The van der Waals surface area contributed by atoms with Crippen LogP contribution in [0, 0.1) is 24.7 Å². The minimum Gasteiger partial charge on any atom is -0.469 e. The fourth-order valence-corrected chi connectivity index (χ4v) is 7.97. The maximum atomic E-state index is 13.7. The molecule has 0 radical (unpaired) electrons. The van der Waals surface area contributed by atoms with Crippen LogP contribution in [0.4, 0.5) is 0 Å². The molecular formula is C40H60O9S. The first kappa shape index (κ1) is 40.4. The highest BCUT2D eigenvalue weighted by molar-refractivity contribution is 7.86. The van der Waals surface area contributed by atoms with Crippen molar-refractivity contribution >= 4 is 16.1 Å². The van der Waals surface area contributed by atoms with Gasteiger partial charge in [-0.25, -0.2) is 0 Å². The molecule has 280 valence electrons. The number of aryl methyl sites for hydroxylation is 1. The quantitative estimate of drug-likeness (QED) is 0.0641. The minimum absolute atomic E-state index is 0.140. The highest BCUT2D eigenvalue weighted by Crippen LogP contribution is 2.42. The Kier molecular flexibility index (Phi) is 16.7. The Morgan fingerprint density at radius 1 is 0.980 bits per heavy atom. The number of rotatable bonds is 18. The molecule has 0 spiro atoms. The molecule has 10 heteroatoms. The molecule has 2 saturated heterocycles. The molecule has 0 N–H and O–H groups in total. The van der Waals surface area contributed by atoms with Crippen molar-refractivity contribution in [3.8, 4) is 0 Å². The van der Waals surface area contributed by atoms with E-state index >= 15 is 0 Å². The number of ether oxygens (including phenoxy) is 5. The SMILES string of the molecule is COC(=O)CCC/C=C\C[C@@H]1[C@@H](/C=C/[C@@H](OC2CCCCO2)C(C)CC=C(C)C)[C@H](OC2CCCCO2)C[C@H]1OS(=O)(=O)c1ccc(C)cc1. The first-order chi connectivity index (χ1) is 24.1. The number of hydrogen-bond acceptors (Lipinski definition) is 9. The highest BCUT2D eigenvalue weighted by Gasteiger charge is 2.46. The van der Waals surface area contributed by atoms with E-state index in [1.807, 2.05) is 6.92 Å². The Labute approximate surface area is 300 Å². The Hall–Kier alpha value is -2.34. The Balaban J connectivity index is 1.63. The van der Waals surface area contributed by atoms with Crippen LogP contribution in [0.2, 0.25) is 0 Å². The van der Waals surface area contributed by atoms with E-state index in [0.717, 1.165) is 50.5 Å². The zero-order chi connectivity index (χ0) is 35.9. The number of esters is 1. The van der Waals surface area contributed by atoms with Gasteiger partial charge < -0.3 is 23.7 Å². The van der Waals surface area contributed by atoms with Gasteiger partial charge in [0.1, 0.15) is 0 Å². The summed E-state index contributed by atoms with van der Waals surface area (Å²) in [4.78, 5) is 11.7. The molecule has 0 amide bonds. The molecule has 0 bridgehead atoms. The summed E-state index contributed by atoms with van der Waals surface area (Å²) in [7, 11) is -2.64. The van der Waals surface area contributed by atoms with Gasteiger partial charge in [0.05, 0.1) is 30.3 Å². The lowest BCUT2D eigenvalue weighted by molar-refractivity contribution is -0.193. The number of methoxy groups -OCH3 is 1. The van der Waals surface area contributed by atoms with E-state index < -0.39 is 16.2 Å². The molecule has 9 nitrogen and oxygen atoms in total. The monoisotopic (exact) mass is 716 g/mol. The Bertz CT molecular complexity index is 1350. The van der Waals surface area contributed by atoms with Gasteiger partial charge in [-0.2, -0.15) is 8.42 Å². The first-order valence-electron chi connectivity index (χ1n) is 18.6.